The van der Waals surface area contributed by atoms with E-state index in [4.69, 9.17) is 14.2 Å². The first-order chi connectivity index (χ1) is 11.2. The molecular weight excluding hydrogens is 294 g/mol. The molecule has 1 aromatic rings. The van der Waals surface area contributed by atoms with Gasteiger partial charge in [-0.2, -0.15) is 0 Å². The second-order valence-corrected chi connectivity index (χ2v) is 6.97. The van der Waals surface area contributed by atoms with E-state index in [2.05, 4.69) is 0 Å². The molecule has 23 heavy (non-hydrogen) atoms. The molecule has 124 valence electrons. The number of carbonyl (C=O) groups excluding carboxylic acids is 1. The lowest BCUT2D eigenvalue weighted by Crippen LogP contribution is -2.37. The summed E-state index contributed by atoms with van der Waals surface area (Å²) in [7, 11) is 1.72. The fourth-order valence-electron chi connectivity index (χ4n) is 4.15. The van der Waals surface area contributed by atoms with E-state index in [1.807, 2.05) is 23.1 Å². The number of amides is 1. The third-order valence-electron chi connectivity index (χ3n) is 5.40. The predicted octanol–water partition coefficient (Wildman–Crippen LogP) is 1.75. The highest BCUT2D eigenvalue weighted by Gasteiger charge is 2.51. The fraction of sp³-hybridized carbons (Fsp3) is 0.611. The molecule has 2 atom stereocenters. The van der Waals surface area contributed by atoms with E-state index in [0.717, 1.165) is 56.0 Å². The van der Waals surface area contributed by atoms with Crippen molar-refractivity contribution in [3.05, 3.63) is 29.3 Å². The van der Waals surface area contributed by atoms with Crippen LogP contribution in [0.3, 0.4) is 0 Å². The second kappa shape index (κ2) is 5.80. The number of nitrogens with zero attached hydrogens (tertiary/aromatic N) is 1. The molecule has 0 bridgehead atoms. The van der Waals surface area contributed by atoms with Crippen molar-refractivity contribution in [2.75, 3.05) is 46.6 Å². The quantitative estimate of drug-likeness (QED) is 0.852. The van der Waals surface area contributed by atoms with Gasteiger partial charge in [0.2, 0.25) is 0 Å². The Balaban J connectivity index is 1.54. The summed E-state index contributed by atoms with van der Waals surface area (Å²) in [6, 6.07) is 5.83. The normalized spacial score (nSPS) is 29.1. The first kappa shape index (κ1) is 15.0. The van der Waals surface area contributed by atoms with Crippen LogP contribution in [-0.4, -0.2) is 57.4 Å². The Hall–Kier alpha value is -1.59. The van der Waals surface area contributed by atoms with Crippen molar-refractivity contribution in [2.45, 2.75) is 12.8 Å². The highest BCUT2D eigenvalue weighted by molar-refractivity contribution is 5.95. The van der Waals surface area contributed by atoms with Crippen LogP contribution >= 0.6 is 0 Å². The zero-order valence-electron chi connectivity index (χ0n) is 13.5. The van der Waals surface area contributed by atoms with Gasteiger partial charge < -0.3 is 19.1 Å². The van der Waals surface area contributed by atoms with Crippen LogP contribution in [0.25, 0.3) is 0 Å². The summed E-state index contributed by atoms with van der Waals surface area (Å²) < 4.78 is 16.7. The number of likely N-dealkylation sites (tertiary alicyclic amines) is 1. The second-order valence-electron chi connectivity index (χ2n) is 6.97. The van der Waals surface area contributed by atoms with E-state index in [-0.39, 0.29) is 11.3 Å². The van der Waals surface area contributed by atoms with Crippen LogP contribution in [0.15, 0.2) is 18.2 Å². The Morgan fingerprint density at radius 3 is 3.26 bits per heavy atom. The van der Waals surface area contributed by atoms with Crippen molar-refractivity contribution in [3.63, 3.8) is 0 Å². The summed E-state index contributed by atoms with van der Waals surface area (Å²) in [6.45, 7) is 4.32. The van der Waals surface area contributed by atoms with Crippen molar-refractivity contribution in [1.82, 2.24) is 4.90 Å². The van der Waals surface area contributed by atoms with Crippen molar-refractivity contribution in [1.29, 1.82) is 0 Å². The molecule has 1 aromatic carbocycles. The molecule has 1 amide bonds. The van der Waals surface area contributed by atoms with Crippen LogP contribution in [0.5, 0.6) is 5.75 Å². The highest BCUT2D eigenvalue weighted by atomic mass is 16.5. The van der Waals surface area contributed by atoms with E-state index < -0.39 is 0 Å². The van der Waals surface area contributed by atoms with Crippen molar-refractivity contribution in [2.24, 2.45) is 11.3 Å². The molecule has 0 spiro atoms. The number of fused-ring (bicyclic) bond motifs is 2. The number of hydrogen-bond acceptors (Lipinski definition) is 4. The Bertz CT molecular complexity index is 617. The van der Waals surface area contributed by atoms with Gasteiger partial charge in [-0.1, -0.05) is 0 Å². The Labute approximate surface area is 136 Å². The molecular formula is C18H23NO4. The van der Waals surface area contributed by atoms with Gasteiger partial charge in [0, 0.05) is 37.1 Å². The van der Waals surface area contributed by atoms with Gasteiger partial charge in [0.1, 0.15) is 5.75 Å². The number of aryl methyl sites for hydroxylation is 1. The number of methoxy groups -OCH3 is 1. The van der Waals surface area contributed by atoms with Crippen LogP contribution in [0.4, 0.5) is 0 Å². The standard InChI is InChI=1S/C18H23NO4/c1-21-11-18-10-19(8-15(18)9-22-12-18)17(20)14-4-5-16-13(7-14)3-2-6-23-16/h4-5,7,15H,2-3,6,8-12H2,1H3/t15-,18-/m0/s1. The molecule has 0 aromatic heterocycles. The average molecular weight is 317 g/mol. The van der Waals surface area contributed by atoms with Crippen LogP contribution in [-0.2, 0) is 15.9 Å². The molecule has 4 rings (SSSR count). The van der Waals surface area contributed by atoms with Crippen LogP contribution in [0.2, 0.25) is 0 Å². The molecule has 5 heteroatoms. The zero-order valence-corrected chi connectivity index (χ0v) is 13.5. The first-order valence-electron chi connectivity index (χ1n) is 8.33. The Morgan fingerprint density at radius 2 is 2.39 bits per heavy atom. The summed E-state index contributed by atoms with van der Waals surface area (Å²) in [4.78, 5) is 14.9. The number of rotatable bonds is 3. The molecule has 2 saturated heterocycles. The summed E-state index contributed by atoms with van der Waals surface area (Å²) in [6.07, 6.45) is 2.01. The minimum absolute atomic E-state index is 0.0261. The van der Waals surface area contributed by atoms with Crippen molar-refractivity contribution < 1.29 is 19.0 Å². The van der Waals surface area contributed by atoms with Crippen molar-refractivity contribution >= 4 is 5.91 Å². The van der Waals surface area contributed by atoms with Gasteiger partial charge in [-0.25, -0.2) is 0 Å². The van der Waals surface area contributed by atoms with Crippen LogP contribution in [0, 0.1) is 11.3 Å². The predicted molar refractivity (Wildman–Crippen MR) is 84.8 cm³/mol. The first-order valence-corrected chi connectivity index (χ1v) is 8.33. The highest BCUT2D eigenvalue weighted by Crippen LogP contribution is 2.42. The van der Waals surface area contributed by atoms with Gasteiger partial charge >= 0.3 is 0 Å². The summed E-state index contributed by atoms with van der Waals surface area (Å²) in [5.74, 6) is 1.42. The van der Waals surface area contributed by atoms with Gasteiger partial charge in [-0.15, -0.1) is 0 Å². The third kappa shape index (κ3) is 2.52. The maximum atomic E-state index is 12.9. The van der Waals surface area contributed by atoms with Crippen molar-refractivity contribution in [3.8, 4) is 5.75 Å². The number of hydrogen-bond donors (Lipinski definition) is 0. The smallest absolute Gasteiger partial charge is 0.253 e. The Morgan fingerprint density at radius 1 is 1.48 bits per heavy atom. The minimum Gasteiger partial charge on any atom is -0.493 e. The summed E-state index contributed by atoms with van der Waals surface area (Å²) >= 11 is 0. The topological polar surface area (TPSA) is 48.0 Å². The van der Waals surface area contributed by atoms with Gasteiger partial charge in [0.05, 0.1) is 26.4 Å². The molecule has 0 radical (unpaired) electrons. The maximum absolute atomic E-state index is 12.9. The molecule has 3 aliphatic heterocycles. The molecule has 5 nitrogen and oxygen atoms in total. The summed E-state index contributed by atoms with van der Waals surface area (Å²) in [5.41, 5.74) is 1.89. The maximum Gasteiger partial charge on any atom is 0.253 e. The van der Waals surface area contributed by atoms with E-state index in [9.17, 15) is 4.79 Å². The molecule has 0 saturated carbocycles. The van der Waals surface area contributed by atoms with Crippen LogP contribution < -0.4 is 4.74 Å². The largest absolute Gasteiger partial charge is 0.493 e. The third-order valence-corrected chi connectivity index (χ3v) is 5.40. The number of carbonyl (C=O) groups is 1. The van der Waals surface area contributed by atoms with Crippen LogP contribution in [0.1, 0.15) is 22.3 Å². The lowest BCUT2D eigenvalue weighted by molar-refractivity contribution is 0.0489. The molecule has 3 aliphatic rings. The van der Waals surface area contributed by atoms with E-state index >= 15 is 0 Å². The molecule has 3 heterocycles. The summed E-state index contributed by atoms with van der Waals surface area (Å²) in [5, 5.41) is 0. The Kier molecular flexibility index (Phi) is 3.77. The molecule has 0 N–H and O–H groups in total. The lowest BCUT2D eigenvalue weighted by Gasteiger charge is -2.26. The molecule has 0 aliphatic carbocycles. The van der Waals surface area contributed by atoms with E-state index in [1.165, 1.54) is 0 Å². The van der Waals surface area contributed by atoms with Gasteiger partial charge in [0.15, 0.2) is 0 Å². The minimum atomic E-state index is -0.0261. The lowest BCUT2D eigenvalue weighted by atomic mass is 9.82. The zero-order chi connectivity index (χ0) is 15.9. The molecule has 2 fully saturated rings. The van der Waals surface area contributed by atoms with E-state index in [1.54, 1.807) is 7.11 Å². The SMILES string of the molecule is COC[C@@]12COC[C@@H]1CN(C(=O)c1ccc3c(c1)CCCO3)C2. The van der Waals surface area contributed by atoms with Gasteiger partial charge in [0.25, 0.3) is 5.91 Å². The molecule has 0 unspecified atom stereocenters. The average Bonchev–Trinajstić information content (AvgIpc) is 3.11. The van der Waals surface area contributed by atoms with Gasteiger partial charge in [-0.3, -0.25) is 4.79 Å². The number of benzene rings is 1. The monoisotopic (exact) mass is 317 g/mol. The van der Waals surface area contributed by atoms with Gasteiger partial charge in [-0.05, 0) is 36.6 Å². The fourth-order valence-corrected chi connectivity index (χ4v) is 4.15. The number of ether oxygens (including phenoxy) is 3. The van der Waals surface area contributed by atoms with E-state index in [0.29, 0.717) is 19.1 Å².